The summed E-state index contributed by atoms with van der Waals surface area (Å²) in [6.07, 6.45) is 0.690. The van der Waals surface area contributed by atoms with Crippen molar-refractivity contribution < 1.29 is 33.3 Å². The molecule has 0 aromatic heterocycles. The lowest BCUT2D eigenvalue weighted by Crippen LogP contribution is -2.12. The monoisotopic (exact) mass is 450 g/mol. The number of carbonyl (C=O) groups excluding carboxylic acids is 2. The maximum absolute atomic E-state index is 12.2. The van der Waals surface area contributed by atoms with Gasteiger partial charge in [0.25, 0.3) is 0 Å². The summed E-state index contributed by atoms with van der Waals surface area (Å²) in [5.41, 5.74) is 1.29. The van der Waals surface area contributed by atoms with Crippen LogP contribution in [0.4, 0.5) is 0 Å². The lowest BCUT2D eigenvalue weighted by molar-refractivity contribution is -0.134. The third-order valence-corrected chi connectivity index (χ3v) is 4.72. The van der Waals surface area contributed by atoms with Crippen LogP contribution >= 0.6 is 0 Å². The van der Waals surface area contributed by atoms with Gasteiger partial charge in [0.15, 0.2) is 11.5 Å². The number of methoxy groups -OCH3 is 2. The quantitative estimate of drug-likeness (QED) is 0.242. The van der Waals surface area contributed by atoms with E-state index in [9.17, 15) is 9.59 Å². The van der Waals surface area contributed by atoms with Crippen molar-refractivity contribution in [1.82, 2.24) is 0 Å². The van der Waals surface area contributed by atoms with Crippen LogP contribution in [0.25, 0.3) is 0 Å². The largest absolute Gasteiger partial charge is 0.493 e. The van der Waals surface area contributed by atoms with E-state index in [2.05, 4.69) is 0 Å². The van der Waals surface area contributed by atoms with Crippen molar-refractivity contribution in [1.29, 1.82) is 0 Å². The molecule has 0 unspecified atom stereocenters. The van der Waals surface area contributed by atoms with Crippen LogP contribution < -0.4 is 18.9 Å². The molecule has 0 fully saturated rings. The summed E-state index contributed by atoms with van der Waals surface area (Å²) in [7, 11) is 3.13. The van der Waals surface area contributed by atoms with Crippen LogP contribution in [-0.2, 0) is 16.0 Å². The smallest absolute Gasteiger partial charge is 0.338 e. The third-order valence-electron chi connectivity index (χ3n) is 4.72. The van der Waals surface area contributed by atoms with Crippen LogP contribution in [0.1, 0.15) is 22.3 Å². The Labute approximate surface area is 192 Å². The molecule has 33 heavy (non-hydrogen) atoms. The van der Waals surface area contributed by atoms with Gasteiger partial charge < -0.3 is 23.7 Å². The molecule has 7 nitrogen and oxygen atoms in total. The van der Waals surface area contributed by atoms with Crippen molar-refractivity contribution in [2.24, 2.45) is 0 Å². The van der Waals surface area contributed by atoms with Gasteiger partial charge in [0, 0.05) is 6.42 Å². The first kappa shape index (κ1) is 23.7. The summed E-state index contributed by atoms with van der Waals surface area (Å²) < 4.78 is 26.5. The highest BCUT2D eigenvalue weighted by atomic mass is 16.6. The van der Waals surface area contributed by atoms with Gasteiger partial charge in [0.05, 0.1) is 19.8 Å². The van der Waals surface area contributed by atoms with Gasteiger partial charge in [-0.15, -0.1) is 0 Å². The number of carbonyl (C=O) groups is 2. The van der Waals surface area contributed by atoms with Gasteiger partial charge in [0.1, 0.15) is 24.7 Å². The van der Waals surface area contributed by atoms with Gasteiger partial charge in [-0.3, -0.25) is 4.79 Å². The van der Waals surface area contributed by atoms with E-state index in [0.29, 0.717) is 35.0 Å². The first-order chi connectivity index (χ1) is 16.1. The fourth-order valence-electron chi connectivity index (χ4n) is 3.02. The van der Waals surface area contributed by atoms with E-state index in [1.54, 1.807) is 44.6 Å². The first-order valence-electron chi connectivity index (χ1n) is 10.5. The molecule has 0 saturated heterocycles. The molecule has 0 bridgehead atoms. The Morgan fingerprint density at radius 3 is 2.18 bits per heavy atom. The van der Waals surface area contributed by atoms with Gasteiger partial charge in [-0.25, -0.2) is 4.79 Å². The number of esters is 2. The molecule has 3 aromatic carbocycles. The zero-order valence-corrected chi connectivity index (χ0v) is 18.6. The molecule has 0 aliphatic heterocycles. The fourth-order valence-corrected chi connectivity index (χ4v) is 3.02. The second-order valence-corrected chi connectivity index (χ2v) is 6.99. The molecule has 3 rings (SSSR count). The molecule has 3 aromatic rings. The highest BCUT2D eigenvalue weighted by Gasteiger charge is 2.11. The second kappa shape index (κ2) is 12.1. The first-order valence-corrected chi connectivity index (χ1v) is 10.5. The van der Waals surface area contributed by atoms with Crippen molar-refractivity contribution >= 4 is 11.9 Å². The summed E-state index contributed by atoms with van der Waals surface area (Å²) in [5.74, 6) is 1.46. The van der Waals surface area contributed by atoms with Gasteiger partial charge in [-0.2, -0.15) is 0 Å². The average Bonchev–Trinajstić information content (AvgIpc) is 2.86. The number of hydrogen-bond acceptors (Lipinski definition) is 7. The van der Waals surface area contributed by atoms with Crippen LogP contribution in [0.2, 0.25) is 0 Å². The lowest BCUT2D eigenvalue weighted by Gasteiger charge is -2.10. The Kier molecular flexibility index (Phi) is 8.71. The summed E-state index contributed by atoms with van der Waals surface area (Å²) >= 11 is 0. The molecule has 0 heterocycles. The summed E-state index contributed by atoms with van der Waals surface area (Å²) in [5, 5.41) is 0. The number of para-hydroxylation sites is 1. The van der Waals surface area contributed by atoms with Gasteiger partial charge in [-0.1, -0.05) is 24.3 Å². The van der Waals surface area contributed by atoms with Gasteiger partial charge in [0.2, 0.25) is 0 Å². The van der Waals surface area contributed by atoms with E-state index in [1.165, 1.54) is 0 Å². The maximum atomic E-state index is 12.2. The van der Waals surface area contributed by atoms with Crippen molar-refractivity contribution in [2.75, 3.05) is 27.4 Å². The minimum Gasteiger partial charge on any atom is -0.493 e. The topological polar surface area (TPSA) is 80.3 Å². The van der Waals surface area contributed by atoms with Crippen LogP contribution in [-0.4, -0.2) is 39.4 Å². The molecule has 0 radical (unpaired) electrons. The molecule has 0 atom stereocenters. The second-order valence-electron chi connectivity index (χ2n) is 6.99. The number of rotatable bonds is 11. The molecule has 0 spiro atoms. The standard InChI is InChI=1S/C26H26O7/c1-29-23-14-8-19(18-24(23)30-2)9-15-25(27)33-22-12-10-20(11-13-22)26(28)32-17-16-31-21-6-4-3-5-7-21/h3-8,10-14,18H,9,15-17H2,1-2H3. The zero-order valence-electron chi connectivity index (χ0n) is 18.6. The van der Waals surface area contributed by atoms with Crippen LogP contribution in [0, 0.1) is 0 Å². The van der Waals surface area contributed by atoms with Crippen molar-refractivity contribution in [2.45, 2.75) is 12.8 Å². The molecule has 0 aliphatic carbocycles. The average molecular weight is 450 g/mol. The highest BCUT2D eigenvalue weighted by molar-refractivity contribution is 5.89. The van der Waals surface area contributed by atoms with E-state index in [-0.39, 0.29) is 25.6 Å². The number of aryl methyl sites for hydroxylation is 1. The van der Waals surface area contributed by atoms with Crippen molar-refractivity contribution in [3.8, 4) is 23.0 Å². The van der Waals surface area contributed by atoms with E-state index >= 15 is 0 Å². The maximum Gasteiger partial charge on any atom is 0.338 e. The minimum absolute atomic E-state index is 0.126. The number of benzene rings is 3. The number of ether oxygens (including phenoxy) is 5. The van der Waals surface area contributed by atoms with E-state index in [4.69, 9.17) is 23.7 Å². The molecule has 0 aliphatic rings. The minimum atomic E-state index is -0.474. The SMILES string of the molecule is COc1ccc(CCC(=O)Oc2ccc(C(=O)OCCOc3ccccc3)cc2)cc1OC. The summed E-state index contributed by atoms with van der Waals surface area (Å²) in [4.78, 5) is 24.3. The predicted molar refractivity (Wildman–Crippen MR) is 122 cm³/mol. The summed E-state index contributed by atoms with van der Waals surface area (Å²) in [6.45, 7) is 0.381. The van der Waals surface area contributed by atoms with E-state index in [0.717, 1.165) is 5.56 Å². The predicted octanol–water partition coefficient (Wildman–Crippen LogP) is 4.48. The molecule has 172 valence electrons. The van der Waals surface area contributed by atoms with E-state index in [1.807, 2.05) is 42.5 Å². The molecule has 0 amide bonds. The molecular formula is C26H26O7. The van der Waals surface area contributed by atoms with Gasteiger partial charge in [-0.05, 0) is 60.5 Å². The lowest BCUT2D eigenvalue weighted by atomic mass is 10.1. The highest BCUT2D eigenvalue weighted by Crippen LogP contribution is 2.28. The third kappa shape index (κ3) is 7.28. The van der Waals surface area contributed by atoms with Crippen molar-refractivity contribution in [3.05, 3.63) is 83.9 Å². The molecule has 7 heteroatoms. The summed E-state index contributed by atoms with van der Waals surface area (Å²) in [6, 6.07) is 21.0. The zero-order chi connectivity index (χ0) is 23.5. The Morgan fingerprint density at radius 1 is 0.758 bits per heavy atom. The normalized spacial score (nSPS) is 10.2. The van der Waals surface area contributed by atoms with Crippen LogP contribution in [0.3, 0.4) is 0 Å². The van der Waals surface area contributed by atoms with Crippen LogP contribution in [0.15, 0.2) is 72.8 Å². The van der Waals surface area contributed by atoms with Crippen molar-refractivity contribution in [3.63, 3.8) is 0 Å². The van der Waals surface area contributed by atoms with E-state index < -0.39 is 5.97 Å². The Hall–Kier alpha value is -4.00. The Morgan fingerprint density at radius 2 is 1.48 bits per heavy atom. The Balaban J connectivity index is 1.42. The molecule has 0 N–H and O–H groups in total. The van der Waals surface area contributed by atoms with Gasteiger partial charge >= 0.3 is 11.9 Å². The number of hydrogen-bond donors (Lipinski definition) is 0. The fraction of sp³-hybridized carbons (Fsp3) is 0.231. The molecular weight excluding hydrogens is 424 g/mol. The molecule has 0 saturated carbocycles. The Bertz CT molecular complexity index is 1050. The van der Waals surface area contributed by atoms with Crippen LogP contribution in [0.5, 0.6) is 23.0 Å².